The summed E-state index contributed by atoms with van der Waals surface area (Å²) < 4.78 is 4.94. The summed E-state index contributed by atoms with van der Waals surface area (Å²) in [5, 5.41) is 0. The number of rotatable bonds is 4. The highest BCUT2D eigenvalue weighted by molar-refractivity contribution is 5.70. The van der Waals surface area contributed by atoms with Crippen LogP contribution in [-0.2, 0) is 9.53 Å². The van der Waals surface area contributed by atoms with Crippen LogP contribution in [0.3, 0.4) is 0 Å². The van der Waals surface area contributed by atoms with E-state index in [0.717, 1.165) is 31.6 Å². The second-order valence-corrected chi connectivity index (χ2v) is 4.70. The van der Waals surface area contributed by atoms with Crippen molar-refractivity contribution >= 4 is 5.97 Å². The van der Waals surface area contributed by atoms with Crippen LogP contribution in [0, 0.1) is 5.92 Å². The van der Waals surface area contributed by atoms with Gasteiger partial charge in [-0.15, -0.1) is 0 Å². The lowest BCUT2D eigenvalue weighted by atomic mass is 9.74. The summed E-state index contributed by atoms with van der Waals surface area (Å²) in [5.74, 6) is 0.666. The molecule has 0 aromatic carbocycles. The molecule has 0 unspecified atom stereocenters. The number of esters is 1. The van der Waals surface area contributed by atoms with Crippen molar-refractivity contribution in [3.63, 3.8) is 0 Å². The fourth-order valence-electron chi connectivity index (χ4n) is 2.34. The molecular weight excluding hydrogens is 190 g/mol. The first-order chi connectivity index (χ1) is 7.09. The molecule has 0 bridgehead atoms. The minimum absolute atomic E-state index is 0.144. The van der Waals surface area contributed by atoms with Crippen LogP contribution in [0.5, 0.6) is 0 Å². The van der Waals surface area contributed by atoms with Crippen LogP contribution in [0.1, 0.15) is 52.4 Å². The van der Waals surface area contributed by atoms with E-state index in [1.165, 1.54) is 6.42 Å². The number of carbonyl (C=O) groups is 1. The van der Waals surface area contributed by atoms with Gasteiger partial charge in [0.05, 0.1) is 13.0 Å². The van der Waals surface area contributed by atoms with Crippen molar-refractivity contribution in [3.05, 3.63) is 0 Å². The van der Waals surface area contributed by atoms with E-state index in [4.69, 9.17) is 10.5 Å². The van der Waals surface area contributed by atoms with Crippen molar-refractivity contribution in [3.8, 4) is 0 Å². The third-order valence-corrected chi connectivity index (χ3v) is 3.48. The van der Waals surface area contributed by atoms with Crippen molar-refractivity contribution in [1.29, 1.82) is 0 Å². The van der Waals surface area contributed by atoms with Gasteiger partial charge in [-0.1, -0.05) is 13.3 Å². The maximum absolute atomic E-state index is 11.4. The minimum atomic E-state index is -0.294. The van der Waals surface area contributed by atoms with Crippen molar-refractivity contribution in [2.24, 2.45) is 11.7 Å². The smallest absolute Gasteiger partial charge is 0.307 e. The van der Waals surface area contributed by atoms with E-state index in [1.807, 2.05) is 6.92 Å². The molecule has 3 nitrogen and oxygen atoms in total. The molecule has 0 heterocycles. The van der Waals surface area contributed by atoms with Gasteiger partial charge in [-0.05, 0) is 38.5 Å². The Labute approximate surface area is 92.4 Å². The van der Waals surface area contributed by atoms with Gasteiger partial charge in [-0.25, -0.2) is 0 Å². The van der Waals surface area contributed by atoms with Crippen LogP contribution in [0.25, 0.3) is 0 Å². The Kier molecular flexibility index (Phi) is 4.58. The van der Waals surface area contributed by atoms with E-state index >= 15 is 0 Å². The molecule has 0 saturated heterocycles. The summed E-state index contributed by atoms with van der Waals surface area (Å²) in [5.41, 5.74) is 5.91. The molecule has 1 rings (SSSR count). The van der Waals surface area contributed by atoms with Crippen LogP contribution < -0.4 is 5.73 Å². The topological polar surface area (TPSA) is 52.3 Å². The van der Waals surface area contributed by atoms with Crippen molar-refractivity contribution in [2.45, 2.75) is 57.9 Å². The lowest BCUT2D eigenvalue weighted by molar-refractivity contribution is -0.144. The van der Waals surface area contributed by atoms with Gasteiger partial charge in [0.15, 0.2) is 0 Å². The predicted molar refractivity (Wildman–Crippen MR) is 60.4 cm³/mol. The number of hydrogen-bond acceptors (Lipinski definition) is 3. The summed E-state index contributed by atoms with van der Waals surface area (Å²) in [6, 6.07) is 0. The van der Waals surface area contributed by atoms with E-state index in [2.05, 4.69) is 6.92 Å². The van der Waals surface area contributed by atoms with Gasteiger partial charge in [0, 0.05) is 5.54 Å². The molecule has 15 heavy (non-hydrogen) atoms. The van der Waals surface area contributed by atoms with Crippen LogP contribution in [0.4, 0.5) is 0 Å². The molecule has 1 fully saturated rings. The second kappa shape index (κ2) is 5.50. The molecule has 1 saturated carbocycles. The lowest BCUT2D eigenvalue weighted by Gasteiger charge is -2.36. The Morgan fingerprint density at radius 2 is 2.00 bits per heavy atom. The van der Waals surface area contributed by atoms with Crippen LogP contribution in [-0.4, -0.2) is 18.1 Å². The van der Waals surface area contributed by atoms with Crippen molar-refractivity contribution < 1.29 is 9.53 Å². The Hall–Kier alpha value is -0.570. The number of carbonyl (C=O) groups excluding carboxylic acids is 1. The zero-order chi connectivity index (χ0) is 11.3. The lowest BCUT2D eigenvalue weighted by Crippen LogP contribution is -2.45. The highest BCUT2D eigenvalue weighted by Gasteiger charge is 2.33. The molecule has 0 aromatic rings. The molecule has 0 aromatic heterocycles. The van der Waals surface area contributed by atoms with Gasteiger partial charge in [-0.3, -0.25) is 4.79 Å². The van der Waals surface area contributed by atoms with Crippen molar-refractivity contribution in [2.75, 3.05) is 6.61 Å². The number of nitrogens with two attached hydrogens (primary N) is 1. The molecular formula is C12H23NO2. The van der Waals surface area contributed by atoms with E-state index in [0.29, 0.717) is 13.0 Å². The average Bonchev–Trinajstić information content (AvgIpc) is 2.18. The van der Waals surface area contributed by atoms with E-state index < -0.39 is 0 Å². The van der Waals surface area contributed by atoms with Crippen LogP contribution in [0.2, 0.25) is 0 Å². The number of ether oxygens (including phenoxy) is 1. The largest absolute Gasteiger partial charge is 0.466 e. The Balaban J connectivity index is 2.37. The predicted octanol–water partition coefficient (Wildman–Crippen LogP) is 2.24. The Morgan fingerprint density at radius 3 is 2.47 bits per heavy atom. The Morgan fingerprint density at radius 1 is 1.40 bits per heavy atom. The SMILES string of the molecule is CCOC(=O)CC1(N)CCC(CC)CC1. The first-order valence-electron chi connectivity index (χ1n) is 6.04. The summed E-state index contributed by atoms with van der Waals surface area (Å²) >= 11 is 0. The molecule has 0 radical (unpaired) electrons. The standard InChI is InChI=1S/C12H23NO2/c1-3-10-5-7-12(13,8-6-10)9-11(14)15-4-2/h10H,3-9,13H2,1-2H3. The molecule has 1 aliphatic carbocycles. The van der Waals surface area contributed by atoms with Gasteiger partial charge in [0.25, 0.3) is 0 Å². The third kappa shape index (κ3) is 3.82. The average molecular weight is 213 g/mol. The van der Waals surface area contributed by atoms with Crippen LogP contribution in [0.15, 0.2) is 0 Å². The first-order valence-corrected chi connectivity index (χ1v) is 6.04. The number of hydrogen-bond donors (Lipinski definition) is 1. The molecule has 0 aliphatic heterocycles. The third-order valence-electron chi connectivity index (χ3n) is 3.48. The quantitative estimate of drug-likeness (QED) is 0.729. The fourth-order valence-corrected chi connectivity index (χ4v) is 2.34. The van der Waals surface area contributed by atoms with Crippen LogP contribution >= 0.6 is 0 Å². The summed E-state index contributed by atoms with van der Waals surface area (Å²) in [6.45, 7) is 4.50. The molecule has 3 heteroatoms. The van der Waals surface area contributed by atoms with Gasteiger partial charge < -0.3 is 10.5 Å². The maximum Gasteiger partial charge on any atom is 0.307 e. The second-order valence-electron chi connectivity index (χ2n) is 4.70. The molecule has 88 valence electrons. The first kappa shape index (κ1) is 12.5. The summed E-state index contributed by atoms with van der Waals surface area (Å²) in [6.07, 6.45) is 5.86. The highest BCUT2D eigenvalue weighted by Crippen LogP contribution is 2.34. The highest BCUT2D eigenvalue weighted by atomic mass is 16.5. The van der Waals surface area contributed by atoms with E-state index in [-0.39, 0.29) is 11.5 Å². The normalized spacial score (nSPS) is 31.3. The molecule has 0 spiro atoms. The van der Waals surface area contributed by atoms with E-state index in [1.54, 1.807) is 0 Å². The zero-order valence-electron chi connectivity index (χ0n) is 9.92. The summed E-state index contributed by atoms with van der Waals surface area (Å²) in [7, 11) is 0. The molecule has 0 amide bonds. The van der Waals surface area contributed by atoms with Gasteiger partial charge in [0.2, 0.25) is 0 Å². The fraction of sp³-hybridized carbons (Fsp3) is 0.917. The Bertz CT molecular complexity index is 208. The maximum atomic E-state index is 11.4. The summed E-state index contributed by atoms with van der Waals surface area (Å²) in [4.78, 5) is 11.4. The van der Waals surface area contributed by atoms with Gasteiger partial charge in [-0.2, -0.15) is 0 Å². The van der Waals surface area contributed by atoms with Crippen molar-refractivity contribution in [1.82, 2.24) is 0 Å². The minimum Gasteiger partial charge on any atom is -0.466 e. The zero-order valence-corrected chi connectivity index (χ0v) is 9.92. The molecule has 2 N–H and O–H groups in total. The molecule has 0 atom stereocenters. The molecule has 1 aliphatic rings. The van der Waals surface area contributed by atoms with E-state index in [9.17, 15) is 4.79 Å². The monoisotopic (exact) mass is 213 g/mol. The van der Waals surface area contributed by atoms with Gasteiger partial charge >= 0.3 is 5.97 Å². The van der Waals surface area contributed by atoms with Gasteiger partial charge in [0.1, 0.15) is 0 Å².